The smallest absolute Gasteiger partial charge is 0.122 e. The van der Waals surface area contributed by atoms with Gasteiger partial charge in [-0.25, -0.2) is 0 Å². The van der Waals surface area contributed by atoms with Crippen molar-refractivity contribution < 1.29 is 5.11 Å². The first kappa shape index (κ1) is 15.4. The highest BCUT2D eigenvalue weighted by atomic mass is 32.2. The lowest BCUT2D eigenvalue weighted by molar-refractivity contribution is -0.132. The van der Waals surface area contributed by atoms with Crippen molar-refractivity contribution in [3.8, 4) is 0 Å². The van der Waals surface area contributed by atoms with E-state index in [0.717, 1.165) is 12.8 Å². The Morgan fingerprint density at radius 2 is 1.90 bits per heavy atom. The van der Waals surface area contributed by atoms with Gasteiger partial charge < -0.3 is 5.11 Å². The van der Waals surface area contributed by atoms with Crippen molar-refractivity contribution in [2.75, 3.05) is 6.26 Å². The largest absolute Gasteiger partial charge is 0.377 e. The SMILES string of the molecule is CS[C@@]1(C)CC[C@H]2[C@@H](C)CC[C@@H](c3ccccc3)N2[C@@H]1O. The van der Waals surface area contributed by atoms with E-state index in [0.29, 0.717) is 18.0 Å². The fourth-order valence-electron chi connectivity index (χ4n) is 4.17. The molecule has 1 N–H and O–H groups in total. The maximum atomic E-state index is 11.1. The highest BCUT2D eigenvalue weighted by Crippen LogP contribution is 2.48. The summed E-state index contributed by atoms with van der Waals surface area (Å²) in [4.78, 5) is 2.43. The van der Waals surface area contributed by atoms with Gasteiger partial charge in [-0.2, -0.15) is 11.8 Å². The van der Waals surface area contributed by atoms with Crippen molar-refractivity contribution in [1.29, 1.82) is 0 Å². The number of thioether (sulfide) groups is 1. The third-order valence-electron chi connectivity index (χ3n) is 5.71. The van der Waals surface area contributed by atoms with E-state index in [1.54, 1.807) is 0 Å². The molecule has 0 spiro atoms. The van der Waals surface area contributed by atoms with Gasteiger partial charge in [-0.3, -0.25) is 4.90 Å². The summed E-state index contributed by atoms with van der Waals surface area (Å²) in [5.41, 5.74) is 1.36. The van der Waals surface area contributed by atoms with Crippen molar-refractivity contribution in [2.24, 2.45) is 5.92 Å². The van der Waals surface area contributed by atoms with Crippen molar-refractivity contribution in [3.05, 3.63) is 35.9 Å². The van der Waals surface area contributed by atoms with E-state index in [4.69, 9.17) is 0 Å². The lowest BCUT2D eigenvalue weighted by Gasteiger charge is -2.56. The molecule has 3 heteroatoms. The maximum Gasteiger partial charge on any atom is 0.122 e. The molecule has 2 nitrogen and oxygen atoms in total. The molecule has 116 valence electrons. The van der Waals surface area contributed by atoms with E-state index in [1.165, 1.54) is 18.4 Å². The Morgan fingerprint density at radius 3 is 2.57 bits per heavy atom. The molecule has 5 atom stereocenters. The normalized spacial score (nSPS) is 40.8. The van der Waals surface area contributed by atoms with E-state index < -0.39 is 0 Å². The molecule has 0 aliphatic carbocycles. The van der Waals surface area contributed by atoms with Gasteiger partial charge in [-0.05, 0) is 50.3 Å². The highest BCUT2D eigenvalue weighted by Gasteiger charge is 2.49. The van der Waals surface area contributed by atoms with Crippen LogP contribution in [0.25, 0.3) is 0 Å². The second kappa shape index (κ2) is 5.94. The van der Waals surface area contributed by atoms with Gasteiger partial charge >= 0.3 is 0 Å². The minimum Gasteiger partial charge on any atom is -0.377 e. The number of benzene rings is 1. The van der Waals surface area contributed by atoms with E-state index in [1.807, 2.05) is 11.8 Å². The molecule has 2 saturated heterocycles. The Bertz CT molecular complexity index is 479. The summed E-state index contributed by atoms with van der Waals surface area (Å²) < 4.78 is -0.0411. The van der Waals surface area contributed by atoms with Crippen LogP contribution in [-0.2, 0) is 0 Å². The molecule has 0 aromatic heterocycles. The van der Waals surface area contributed by atoms with Gasteiger partial charge in [0, 0.05) is 12.1 Å². The number of nitrogens with zero attached hydrogens (tertiary/aromatic N) is 1. The molecule has 1 aromatic rings. The molecule has 0 saturated carbocycles. The predicted molar refractivity (Wildman–Crippen MR) is 90.4 cm³/mol. The fraction of sp³-hybridized carbons (Fsp3) is 0.667. The van der Waals surface area contributed by atoms with Crippen LogP contribution in [0.1, 0.15) is 51.1 Å². The number of fused-ring (bicyclic) bond motifs is 1. The average molecular weight is 305 g/mol. The molecule has 3 rings (SSSR count). The number of piperidine rings is 2. The Labute approximate surface area is 132 Å². The van der Waals surface area contributed by atoms with Crippen molar-refractivity contribution >= 4 is 11.8 Å². The fourth-order valence-corrected chi connectivity index (χ4v) is 4.83. The third kappa shape index (κ3) is 2.64. The topological polar surface area (TPSA) is 23.5 Å². The van der Waals surface area contributed by atoms with E-state index in [-0.39, 0.29) is 11.0 Å². The predicted octanol–water partition coefficient (Wildman–Crippen LogP) is 4.06. The summed E-state index contributed by atoms with van der Waals surface area (Å²) in [7, 11) is 0. The molecule has 2 fully saturated rings. The van der Waals surface area contributed by atoms with Crippen LogP contribution in [-0.4, -0.2) is 33.3 Å². The van der Waals surface area contributed by atoms with Crippen molar-refractivity contribution in [3.63, 3.8) is 0 Å². The lowest BCUT2D eigenvalue weighted by atomic mass is 9.77. The van der Waals surface area contributed by atoms with Crippen LogP contribution < -0.4 is 0 Å². The summed E-state index contributed by atoms with van der Waals surface area (Å²) in [6.45, 7) is 4.58. The van der Waals surface area contributed by atoms with Crippen LogP contribution in [0.15, 0.2) is 30.3 Å². The van der Waals surface area contributed by atoms with Gasteiger partial charge in [0.2, 0.25) is 0 Å². The van der Waals surface area contributed by atoms with Crippen LogP contribution >= 0.6 is 11.8 Å². The first-order chi connectivity index (χ1) is 10.1. The molecule has 1 aromatic carbocycles. The molecule has 0 bridgehead atoms. The van der Waals surface area contributed by atoms with Gasteiger partial charge in [0.25, 0.3) is 0 Å². The zero-order valence-electron chi connectivity index (χ0n) is 13.3. The summed E-state index contributed by atoms with van der Waals surface area (Å²) in [6.07, 6.45) is 6.53. The van der Waals surface area contributed by atoms with Gasteiger partial charge in [0.1, 0.15) is 6.23 Å². The molecule has 2 aliphatic rings. The Balaban J connectivity index is 1.95. The van der Waals surface area contributed by atoms with Gasteiger partial charge in [-0.1, -0.05) is 37.3 Å². The lowest BCUT2D eigenvalue weighted by Crippen LogP contribution is -2.61. The Morgan fingerprint density at radius 1 is 1.19 bits per heavy atom. The first-order valence-corrected chi connectivity index (χ1v) is 9.35. The minimum atomic E-state index is -0.348. The maximum absolute atomic E-state index is 11.1. The van der Waals surface area contributed by atoms with Crippen LogP contribution in [0.3, 0.4) is 0 Å². The zero-order valence-corrected chi connectivity index (χ0v) is 14.1. The first-order valence-electron chi connectivity index (χ1n) is 8.12. The average Bonchev–Trinajstić information content (AvgIpc) is 2.52. The molecule has 0 unspecified atom stereocenters. The van der Waals surface area contributed by atoms with Crippen LogP contribution in [0.2, 0.25) is 0 Å². The molecular weight excluding hydrogens is 278 g/mol. The molecule has 0 radical (unpaired) electrons. The summed E-state index contributed by atoms with van der Waals surface area (Å²) in [5, 5.41) is 11.1. The van der Waals surface area contributed by atoms with E-state index in [9.17, 15) is 5.11 Å². The van der Waals surface area contributed by atoms with Gasteiger partial charge in [0.05, 0.1) is 4.75 Å². The molecule has 2 aliphatic heterocycles. The summed E-state index contributed by atoms with van der Waals surface area (Å²) >= 11 is 1.82. The number of aliphatic hydroxyl groups excluding tert-OH is 1. The summed E-state index contributed by atoms with van der Waals surface area (Å²) in [6, 6.07) is 11.6. The molecule has 0 amide bonds. The molecule has 21 heavy (non-hydrogen) atoms. The Kier molecular flexibility index (Phi) is 4.35. The second-order valence-electron chi connectivity index (χ2n) is 6.92. The van der Waals surface area contributed by atoms with Gasteiger partial charge in [-0.15, -0.1) is 0 Å². The number of aliphatic hydroxyl groups is 1. The Hall–Kier alpha value is -0.510. The molecule has 2 heterocycles. The van der Waals surface area contributed by atoms with Crippen molar-refractivity contribution in [2.45, 2.75) is 62.6 Å². The van der Waals surface area contributed by atoms with E-state index >= 15 is 0 Å². The molecular formula is C18H27NOS. The number of hydrogen-bond donors (Lipinski definition) is 1. The quantitative estimate of drug-likeness (QED) is 0.891. The number of rotatable bonds is 2. The highest BCUT2D eigenvalue weighted by molar-refractivity contribution is 8.00. The second-order valence-corrected chi connectivity index (χ2v) is 8.27. The third-order valence-corrected chi connectivity index (χ3v) is 7.06. The zero-order chi connectivity index (χ0) is 15.0. The number of hydrogen-bond acceptors (Lipinski definition) is 3. The van der Waals surface area contributed by atoms with Crippen LogP contribution in [0.4, 0.5) is 0 Å². The minimum absolute atomic E-state index is 0.0411. The summed E-state index contributed by atoms with van der Waals surface area (Å²) in [5.74, 6) is 0.686. The van der Waals surface area contributed by atoms with Crippen LogP contribution in [0, 0.1) is 5.92 Å². The standard InChI is InChI=1S/C18H27NOS/c1-13-9-10-16(14-7-5-4-6-8-14)19-15(13)11-12-18(2,21-3)17(19)20/h4-8,13,15-17,20H,9-12H2,1-3H3/t13-,15-,16-,17+,18-/m0/s1. The van der Waals surface area contributed by atoms with Crippen LogP contribution in [0.5, 0.6) is 0 Å². The van der Waals surface area contributed by atoms with Crippen molar-refractivity contribution in [1.82, 2.24) is 4.90 Å². The van der Waals surface area contributed by atoms with Gasteiger partial charge in [0.15, 0.2) is 0 Å². The van der Waals surface area contributed by atoms with E-state index in [2.05, 4.69) is 55.3 Å². The monoisotopic (exact) mass is 305 g/mol.